The molecule has 0 radical (unpaired) electrons. The lowest BCUT2D eigenvalue weighted by Gasteiger charge is -2.04. The predicted molar refractivity (Wildman–Crippen MR) is 110 cm³/mol. The van der Waals surface area contributed by atoms with Crippen molar-refractivity contribution in [2.45, 2.75) is 16.5 Å². The van der Waals surface area contributed by atoms with E-state index in [1.807, 2.05) is 30.3 Å². The molecule has 0 aliphatic rings. The van der Waals surface area contributed by atoms with Crippen molar-refractivity contribution in [1.29, 1.82) is 0 Å². The standard InChI is InChI=1S/C19H18ClN3O2S2/c20-15-9-7-14(8-10-15)18-22-23-19(25-18)27-13-17(24)21-11-4-12-26-16-5-2-1-3-6-16/h1-3,5-10H,4,11-13H2,(H,21,24). The minimum absolute atomic E-state index is 0.0454. The van der Waals surface area contributed by atoms with Crippen LogP contribution in [0.3, 0.4) is 0 Å². The van der Waals surface area contributed by atoms with Crippen LogP contribution in [0, 0.1) is 0 Å². The molecule has 3 aromatic rings. The lowest BCUT2D eigenvalue weighted by molar-refractivity contribution is -0.118. The van der Waals surface area contributed by atoms with Crippen LogP contribution in [0.4, 0.5) is 0 Å². The summed E-state index contributed by atoms with van der Waals surface area (Å²) in [7, 11) is 0. The number of amides is 1. The van der Waals surface area contributed by atoms with Crippen molar-refractivity contribution < 1.29 is 9.21 Å². The van der Waals surface area contributed by atoms with Gasteiger partial charge in [0.05, 0.1) is 5.75 Å². The predicted octanol–water partition coefficient (Wildman–Crippen LogP) is 4.78. The molecule has 8 heteroatoms. The number of hydrogen-bond acceptors (Lipinski definition) is 6. The van der Waals surface area contributed by atoms with Crippen molar-refractivity contribution in [3.05, 3.63) is 59.6 Å². The smallest absolute Gasteiger partial charge is 0.277 e. The van der Waals surface area contributed by atoms with Gasteiger partial charge in [-0.3, -0.25) is 4.79 Å². The van der Waals surface area contributed by atoms with E-state index in [-0.39, 0.29) is 11.7 Å². The Hall–Kier alpha value is -1.96. The van der Waals surface area contributed by atoms with Gasteiger partial charge in [-0.25, -0.2) is 0 Å². The second-order valence-corrected chi connectivity index (χ2v) is 8.07. The molecule has 0 saturated heterocycles. The first-order valence-corrected chi connectivity index (χ1v) is 10.7. The Balaban J connectivity index is 1.34. The summed E-state index contributed by atoms with van der Waals surface area (Å²) in [6, 6.07) is 17.4. The third-order valence-electron chi connectivity index (χ3n) is 3.48. The summed E-state index contributed by atoms with van der Waals surface area (Å²) in [6.07, 6.45) is 0.914. The molecule has 1 amide bonds. The summed E-state index contributed by atoms with van der Waals surface area (Å²) >= 11 is 8.87. The summed E-state index contributed by atoms with van der Waals surface area (Å²) in [6.45, 7) is 0.652. The molecule has 0 bridgehead atoms. The topological polar surface area (TPSA) is 68.0 Å². The van der Waals surface area contributed by atoms with Gasteiger partial charge in [-0.2, -0.15) is 0 Å². The maximum Gasteiger partial charge on any atom is 0.277 e. The van der Waals surface area contributed by atoms with Gasteiger partial charge in [-0.15, -0.1) is 22.0 Å². The Morgan fingerprint density at radius 1 is 1.04 bits per heavy atom. The second-order valence-electron chi connectivity index (χ2n) is 5.53. The minimum atomic E-state index is -0.0454. The molecule has 1 heterocycles. The summed E-state index contributed by atoms with van der Waals surface area (Å²) in [5.41, 5.74) is 0.791. The highest BCUT2D eigenvalue weighted by molar-refractivity contribution is 7.99. The normalized spacial score (nSPS) is 10.7. The second kappa shape index (κ2) is 10.4. The van der Waals surface area contributed by atoms with Gasteiger partial charge in [0.15, 0.2) is 0 Å². The molecule has 5 nitrogen and oxygen atoms in total. The Morgan fingerprint density at radius 3 is 2.59 bits per heavy atom. The van der Waals surface area contributed by atoms with Crippen LogP contribution < -0.4 is 5.32 Å². The van der Waals surface area contributed by atoms with E-state index in [1.54, 1.807) is 23.9 Å². The number of benzene rings is 2. The van der Waals surface area contributed by atoms with E-state index in [2.05, 4.69) is 27.6 Å². The molecular weight excluding hydrogens is 402 g/mol. The van der Waals surface area contributed by atoms with Crippen LogP contribution in [0.25, 0.3) is 11.5 Å². The lowest BCUT2D eigenvalue weighted by Crippen LogP contribution is -2.26. The zero-order chi connectivity index (χ0) is 18.9. The quantitative estimate of drug-likeness (QED) is 0.397. The molecule has 0 spiro atoms. The molecule has 1 aromatic heterocycles. The van der Waals surface area contributed by atoms with Crippen molar-refractivity contribution in [2.24, 2.45) is 0 Å². The molecule has 1 N–H and O–H groups in total. The zero-order valence-electron chi connectivity index (χ0n) is 14.4. The van der Waals surface area contributed by atoms with Crippen LogP contribution in [-0.2, 0) is 4.79 Å². The lowest BCUT2D eigenvalue weighted by atomic mass is 10.2. The Morgan fingerprint density at radius 2 is 1.81 bits per heavy atom. The van der Waals surface area contributed by atoms with Crippen LogP contribution in [0.1, 0.15) is 6.42 Å². The van der Waals surface area contributed by atoms with Gasteiger partial charge in [0.1, 0.15) is 0 Å². The third-order valence-corrected chi connectivity index (χ3v) is 5.65. The zero-order valence-corrected chi connectivity index (χ0v) is 16.8. The molecule has 0 fully saturated rings. The number of halogens is 1. The number of carbonyl (C=O) groups excluding carboxylic acids is 1. The van der Waals surface area contributed by atoms with E-state index in [0.29, 0.717) is 22.7 Å². The van der Waals surface area contributed by atoms with Gasteiger partial charge in [0.2, 0.25) is 11.8 Å². The summed E-state index contributed by atoms with van der Waals surface area (Å²) in [5.74, 6) is 1.57. The number of rotatable bonds is 9. The fourth-order valence-corrected chi connectivity index (χ4v) is 3.76. The molecule has 27 heavy (non-hydrogen) atoms. The van der Waals surface area contributed by atoms with Crippen LogP contribution in [0.5, 0.6) is 0 Å². The van der Waals surface area contributed by atoms with E-state index < -0.39 is 0 Å². The number of hydrogen-bond donors (Lipinski definition) is 1. The molecule has 2 aromatic carbocycles. The van der Waals surface area contributed by atoms with Gasteiger partial charge in [0, 0.05) is 22.0 Å². The molecule has 0 aliphatic carbocycles. The van der Waals surface area contributed by atoms with Crippen LogP contribution in [0.2, 0.25) is 5.02 Å². The Kier molecular flexibility index (Phi) is 7.62. The molecule has 140 valence electrons. The summed E-state index contributed by atoms with van der Waals surface area (Å²) in [5, 5.41) is 11.9. The number of nitrogens with zero attached hydrogens (tertiary/aromatic N) is 2. The third kappa shape index (κ3) is 6.61. The molecular formula is C19H18ClN3O2S2. The van der Waals surface area contributed by atoms with E-state index in [0.717, 1.165) is 17.7 Å². The van der Waals surface area contributed by atoms with Gasteiger partial charge in [-0.1, -0.05) is 41.6 Å². The van der Waals surface area contributed by atoms with E-state index in [1.165, 1.54) is 16.7 Å². The molecule has 0 unspecified atom stereocenters. The highest BCUT2D eigenvalue weighted by Crippen LogP contribution is 2.24. The van der Waals surface area contributed by atoms with Crippen molar-refractivity contribution in [2.75, 3.05) is 18.1 Å². The van der Waals surface area contributed by atoms with Crippen LogP contribution >= 0.6 is 35.1 Å². The van der Waals surface area contributed by atoms with Crippen LogP contribution in [-0.4, -0.2) is 34.2 Å². The maximum absolute atomic E-state index is 11.9. The van der Waals surface area contributed by atoms with Crippen molar-refractivity contribution in [1.82, 2.24) is 15.5 Å². The maximum atomic E-state index is 11.9. The molecule has 0 atom stereocenters. The SMILES string of the molecule is O=C(CSc1nnc(-c2ccc(Cl)cc2)o1)NCCCSc1ccccc1. The van der Waals surface area contributed by atoms with Gasteiger partial charge < -0.3 is 9.73 Å². The molecule has 0 aliphatic heterocycles. The summed E-state index contributed by atoms with van der Waals surface area (Å²) in [4.78, 5) is 13.2. The van der Waals surface area contributed by atoms with Gasteiger partial charge in [-0.05, 0) is 48.6 Å². The average molecular weight is 420 g/mol. The highest BCUT2D eigenvalue weighted by atomic mass is 35.5. The highest BCUT2D eigenvalue weighted by Gasteiger charge is 2.11. The first-order valence-electron chi connectivity index (χ1n) is 8.37. The number of carbonyl (C=O) groups is 1. The fraction of sp³-hybridized carbons (Fsp3) is 0.211. The first kappa shape index (κ1) is 19.8. The minimum Gasteiger partial charge on any atom is -0.411 e. The number of aromatic nitrogens is 2. The van der Waals surface area contributed by atoms with Gasteiger partial charge in [0.25, 0.3) is 5.22 Å². The van der Waals surface area contributed by atoms with Crippen LogP contribution in [0.15, 0.2) is 69.1 Å². The Bertz CT molecular complexity index is 857. The van der Waals surface area contributed by atoms with Crippen molar-refractivity contribution in [3.8, 4) is 11.5 Å². The van der Waals surface area contributed by atoms with Gasteiger partial charge >= 0.3 is 0 Å². The molecule has 0 saturated carbocycles. The van der Waals surface area contributed by atoms with Crippen molar-refractivity contribution >= 4 is 41.0 Å². The van der Waals surface area contributed by atoms with E-state index in [4.69, 9.17) is 16.0 Å². The number of thioether (sulfide) groups is 2. The monoisotopic (exact) mass is 419 g/mol. The number of nitrogens with one attached hydrogen (secondary N) is 1. The largest absolute Gasteiger partial charge is 0.411 e. The van der Waals surface area contributed by atoms with Crippen molar-refractivity contribution in [3.63, 3.8) is 0 Å². The summed E-state index contributed by atoms with van der Waals surface area (Å²) < 4.78 is 5.57. The Labute approximate surface area is 171 Å². The fourth-order valence-electron chi connectivity index (χ4n) is 2.16. The first-order chi connectivity index (χ1) is 13.2. The van der Waals surface area contributed by atoms with E-state index in [9.17, 15) is 4.79 Å². The average Bonchev–Trinajstić information content (AvgIpc) is 3.16. The molecule has 3 rings (SSSR count). The van der Waals surface area contributed by atoms with E-state index >= 15 is 0 Å².